The van der Waals surface area contributed by atoms with Gasteiger partial charge in [0.25, 0.3) is 5.91 Å². The monoisotopic (exact) mass is 251 g/mol. The third-order valence-corrected chi connectivity index (χ3v) is 3.28. The van der Waals surface area contributed by atoms with Gasteiger partial charge in [-0.3, -0.25) is 9.89 Å². The van der Waals surface area contributed by atoms with Crippen molar-refractivity contribution in [3.8, 4) is 0 Å². The first-order valence-corrected chi connectivity index (χ1v) is 6.57. The first-order chi connectivity index (χ1) is 8.77. The summed E-state index contributed by atoms with van der Waals surface area (Å²) in [5.74, 6) is -0.177. The lowest BCUT2D eigenvalue weighted by Crippen LogP contribution is -2.33. The number of likely N-dealkylation sites (tertiary alicyclic amines) is 1. The lowest BCUT2D eigenvalue weighted by molar-refractivity contribution is 0.0947. The summed E-state index contributed by atoms with van der Waals surface area (Å²) in [6, 6.07) is 0. The van der Waals surface area contributed by atoms with Crippen LogP contribution in [-0.4, -0.2) is 47.2 Å². The Morgan fingerprint density at radius 2 is 2.22 bits per heavy atom. The summed E-state index contributed by atoms with van der Waals surface area (Å²) in [5, 5.41) is 9.17. The van der Waals surface area contributed by atoms with Crippen molar-refractivity contribution in [3.05, 3.63) is 11.9 Å². The molecule has 1 aliphatic heterocycles. The molecule has 4 N–H and O–H groups in total. The van der Waals surface area contributed by atoms with Gasteiger partial charge in [-0.25, -0.2) is 0 Å². The van der Waals surface area contributed by atoms with Gasteiger partial charge < -0.3 is 16.0 Å². The van der Waals surface area contributed by atoms with Crippen LogP contribution in [0.4, 0.5) is 5.69 Å². The number of nitrogens with two attached hydrogens (primary N) is 1. The molecule has 0 spiro atoms. The van der Waals surface area contributed by atoms with Gasteiger partial charge in [-0.05, 0) is 38.9 Å². The Balaban J connectivity index is 1.63. The third-order valence-electron chi connectivity index (χ3n) is 3.28. The minimum absolute atomic E-state index is 0.177. The van der Waals surface area contributed by atoms with Gasteiger partial charge in [-0.2, -0.15) is 5.10 Å². The number of nitrogen functional groups attached to an aromatic ring is 1. The van der Waals surface area contributed by atoms with Crippen molar-refractivity contribution in [2.75, 3.05) is 31.9 Å². The summed E-state index contributed by atoms with van der Waals surface area (Å²) in [6.07, 6.45) is 6.38. The van der Waals surface area contributed by atoms with E-state index in [0.717, 1.165) is 13.0 Å². The fourth-order valence-electron chi connectivity index (χ4n) is 2.25. The molecule has 0 aromatic carbocycles. The molecule has 2 rings (SSSR count). The molecule has 0 aliphatic carbocycles. The van der Waals surface area contributed by atoms with E-state index in [4.69, 9.17) is 5.73 Å². The third kappa shape index (κ3) is 3.46. The molecule has 18 heavy (non-hydrogen) atoms. The van der Waals surface area contributed by atoms with Crippen LogP contribution in [0.3, 0.4) is 0 Å². The van der Waals surface area contributed by atoms with Crippen molar-refractivity contribution >= 4 is 11.6 Å². The lowest BCUT2D eigenvalue weighted by Gasteiger charge is -2.26. The van der Waals surface area contributed by atoms with Crippen molar-refractivity contribution < 1.29 is 4.79 Å². The Bertz CT molecular complexity index is 384. The average Bonchev–Trinajstić information content (AvgIpc) is 2.82. The molecule has 0 atom stereocenters. The highest BCUT2D eigenvalue weighted by atomic mass is 16.1. The molecule has 0 bridgehead atoms. The summed E-state index contributed by atoms with van der Waals surface area (Å²) in [6.45, 7) is 4.12. The number of piperidine rings is 1. The molecular weight excluding hydrogens is 230 g/mol. The smallest absolute Gasteiger partial charge is 0.271 e. The van der Waals surface area contributed by atoms with Crippen LogP contribution in [0.15, 0.2) is 6.20 Å². The number of hydrogen-bond donors (Lipinski definition) is 3. The molecule has 0 unspecified atom stereocenters. The number of hydrogen-bond acceptors (Lipinski definition) is 4. The maximum Gasteiger partial charge on any atom is 0.271 e. The number of aromatic nitrogens is 2. The molecule has 1 saturated heterocycles. The number of rotatable bonds is 5. The Kier molecular flexibility index (Phi) is 4.58. The van der Waals surface area contributed by atoms with Gasteiger partial charge in [-0.15, -0.1) is 0 Å². The van der Waals surface area contributed by atoms with E-state index in [9.17, 15) is 4.79 Å². The van der Waals surface area contributed by atoms with Gasteiger partial charge >= 0.3 is 0 Å². The molecule has 1 aromatic rings. The number of H-pyrrole nitrogens is 1. The zero-order valence-electron chi connectivity index (χ0n) is 10.6. The van der Waals surface area contributed by atoms with Crippen molar-refractivity contribution in [1.29, 1.82) is 0 Å². The van der Waals surface area contributed by atoms with Crippen molar-refractivity contribution in [2.45, 2.75) is 25.7 Å². The average molecular weight is 251 g/mol. The molecule has 2 heterocycles. The molecule has 1 amide bonds. The van der Waals surface area contributed by atoms with Crippen LogP contribution < -0.4 is 11.1 Å². The minimum Gasteiger partial charge on any atom is -0.396 e. The van der Waals surface area contributed by atoms with Crippen LogP contribution in [0.5, 0.6) is 0 Å². The van der Waals surface area contributed by atoms with Crippen LogP contribution in [0.25, 0.3) is 0 Å². The second-order valence-electron chi connectivity index (χ2n) is 4.71. The van der Waals surface area contributed by atoms with E-state index in [-0.39, 0.29) is 5.91 Å². The Morgan fingerprint density at radius 1 is 1.44 bits per heavy atom. The van der Waals surface area contributed by atoms with E-state index < -0.39 is 0 Å². The number of nitrogens with zero attached hydrogens (tertiary/aromatic N) is 2. The highest BCUT2D eigenvalue weighted by Gasteiger charge is 2.12. The number of carbonyl (C=O) groups excluding carboxylic acids is 1. The quantitative estimate of drug-likeness (QED) is 0.669. The highest BCUT2D eigenvalue weighted by Crippen LogP contribution is 2.08. The van der Waals surface area contributed by atoms with Gasteiger partial charge in [0.2, 0.25) is 0 Å². The second kappa shape index (κ2) is 6.39. The Morgan fingerprint density at radius 3 is 2.89 bits per heavy atom. The summed E-state index contributed by atoms with van der Waals surface area (Å²) >= 11 is 0. The SMILES string of the molecule is Nc1cn[nH]c1C(=O)NCCCN1CCCCC1. The lowest BCUT2D eigenvalue weighted by atomic mass is 10.1. The summed E-state index contributed by atoms with van der Waals surface area (Å²) in [7, 11) is 0. The first kappa shape index (κ1) is 12.9. The molecule has 6 heteroatoms. The Labute approximate surface area is 107 Å². The van der Waals surface area contributed by atoms with Crippen LogP contribution in [0.1, 0.15) is 36.2 Å². The Hall–Kier alpha value is -1.56. The summed E-state index contributed by atoms with van der Waals surface area (Å²) < 4.78 is 0. The molecule has 1 fully saturated rings. The van der Waals surface area contributed by atoms with E-state index in [1.165, 1.54) is 38.5 Å². The number of nitrogens with one attached hydrogen (secondary N) is 2. The van der Waals surface area contributed by atoms with Gasteiger partial charge in [0.1, 0.15) is 5.69 Å². The second-order valence-corrected chi connectivity index (χ2v) is 4.71. The fraction of sp³-hybridized carbons (Fsp3) is 0.667. The number of anilines is 1. The highest BCUT2D eigenvalue weighted by molar-refractivity contribution is 5.96. The fourth-order valence-corrected chi connectivity index (χ4v) is 2.25. The van der Waals surface area contributed by atoms with Gasteiger partial charge in [0, 0.05) is 6.54 Å². The van der Waals surface area contributed by atoms with Crippen LogP contribution >= 0.6 is 0 Å². The van der Waals surface area contributed by atoms with E-state index in [0.29, 0.717) is 17.9 Å². The van der Waals surface area contributed by atoms with E-state index in [2.05, 4.69) is 20.4 Å². The molecular formula is C12H21N5O. The van der Waals surface area contributed by atoms with Crippen LogP contribution in [-0.2, 0) is 0 Å². The predicted molar refractivity (Wildman–Crippen MR) is 70.2 cm³/mol. The normalized spacial score (nSPS) is 16.7. The predicted octanol–water partition coefficient (Wildman–Crippen LogP) is 0.598. The standard InChI is InChI=1S/C12H21N5O/c13-10-9-15-16-11(10)12(18)14-5-4-8-17-6-2-1-3-7-17/h9H,1-8,13H2,(H,14,18)(H,15,16). The van der Waals surface area contributed by atoms with Gasteiger partial charge in [0.05, 0.1) is 11.9 Å². The van der Waals surface area contributed by atoms with Gasteiger partial charge in [-0.1, -0.05) is 6.42 Å². The van der Waals surface area contributed by atoms with Crippen molar-refractivity contribution in [2.24, 2.45) is 0 Å². The van der Waals surface area contributed by atoms with Crippen molar-refractivity contribution in [1.82, 2.24) is 20.4 Å². The van der Waals surface area contributed by atoms with Crippen LogP contribution in [0, 0.1) is 0 Å². The van der Waals surface area contributed by atoms with Crippen LogP contribution in [0.2, 0.25) is 0 Å². The molecule has 1 aromatic heterocycles. The zero-order valence-corrected chi connectivity index (χ0v) is 10.6. The molecule has 1 aliphatic rings. The molecule has 0 radical (unpaired) electrons. The minimum atomic E-state index is -0.177. The van der Waals surface area contributed by atoms with E-state index >= 15 is 0 Å². The van der Waals surface area contributed by atoms with E-state index in [1.807, 2.05) is 0 Å². The molecule has 6 nitrogen and oxygen atoms in total. The van der Waals surface area contributed by atoms with Gasteiger partial charge in [0.15, 0.2) is 0 Å². The number of amides is 1. The maximum absolute atomic E-state index is 11.7. The topological polar surface area (TPSA) is 87.0 Å². The maximum atomic E-state index is 11.7. The zero-order chi connectivity index (χ0) is 12.8. The molecule has 0 saturated carbocycles. The van der Waals surface area contributed by atoms with E-state index in [1.54, 1.807) is 0 Å². The summed E-state index contributed by atoms with van der Waals surface area (Å²) in [4.78, 5) is 14.2. The largest absolute Gasteiger partial charge is 0.396 e. The van der Waals surface area contributed by atoms with Crippen molar-refractivity contribution in [3.63, 3.8) is 0 Å². The molecule has 100 valence electrons. The number of carbonyl (C=O) groups is 1. The number of aromatic amines is 1. The summed E-state index contributed by atoms with van der Waals surface area (Å²) in [5.41, 5.74) is 6.35. The first-order valence-electron chi connectivity index (χ1n) is 6.57.